The minimum absolute atomic E-state index is 0.0783. The maximum Gasteiger partial charge on any atom is 0.416 e. The molecule has 0 saturated heterocycles. The third-order valence-corrected chi connectivity index (χ3v) is 7.45. The van der Waals surface area contributed by atoms with Crippen LogP contribution in [-0.4, -0.2) is 43.8 Å². The van der Waals surface area contributed by atoms with Gasteiger partial charge in [-0.2, -0.15) is 18.3 Å². The van der Waals surface area contributed by atoms with Crippen molar-refractivity contribution >= 4 is 17.5 Å². The van der Waals surface area contributed by atoms with Crippen LogP contribution < -0.4 is 10.1 Å². The molecule has 13 heteroatoms. The highest BCUT2D eigenvalue weighted by atomic mass is 19.4. The van der Waals surface area contributed by atoms with Crippen molar-refractivity contribution in [3.63, 3.8) is 0 Å². The van der Waals surface area contributed by atoms with E-state index in [0.717, 1.165) is 12.1 Å². The summed E-state index contributed by atoms with van der Waals surface area (Å²) in [6, 6.07) is 7.04. The summed E-state index contributed by atoms with van der Waals surface area (Å²) in [5.41, 5.74) is 1.10. The SMILES string of the molecule is Cc1nc2cc(C(=O)NCc3ccc(C(F)(F)F)cc3)nn2c(-c2cc(F)c3c(c2C)CCCO3)c1C(OC(C)(C)C)C(=O)O. The molecule has 0 radical (unpaired) electrons. The van der Waals surface area contributed by atoms with Gasteiger partial charge in [0.25, 0.3) is 5.91 Å². The number of nitrogens with one attached hydrogen (secondary N) is 1. The van der Waals surface area contributed by atoms with Gasteiger partial charge in [0.05, 0.1) is 23.5 Å². The first kappa shape index (κ1) is 31.9. The lowest BCUT2D eigenvalue weighted by molar-refractivity contribution is -0.160. The summed E-state index contributed by atoms with van der Waals surface area (Å²) in [5.74, 6) is -2.41. The molecule has 2 aromatic carbocycles. The first-order valence-electron chi connectivity index (χ1n) is 14.3. The number of hydrogen-bond acceptors (Lipinski definition) is 6. The Morgan fingerprint density at radius 1 is 1.13 bits per heavy atom. The van der Waals surface area contributed by atoms with E-state index in [0.29, 0.717) is 41.7 Å². The van der Waals surface area contributed by atoms with Crippen molar-refractivity contribution < 1.29 is 41.7 Å². The van der Waals surface area contributed by atoms with Gasteiger partial charge < -0.3 is 19.9 Å². The fourth-order valence-electron chi connectivity index (χ4n) is 5.39. The van der Waals surface area contributed by atoms with Crippen LogP contribution in [0, 0.1) is 19.7 Å². The molecule has 1 aliphatic rings. The van der Waals surface area contributed by atoms with Crippen molar-refractivity contribution in [2.75, 3.05) is 6.61 Å². The molecule has 0 bridgehead atoms. The molecule has 45 heavy (non-hydrogen) atoms. The molecule has 0 fully saturated rings. The lowest BCUT2D eigenvalue weighted by Gasteiger charge is -2.28. The van der Waals surface area contributed by atoms with E-state index in [-0.39, 0.29) is 40.6 Å². The van der Waals surface area contributed by atoms with Gasteiger partial charge in [-0.1, -0.05) is 12.1 Å². The minimum atomic E-state index is -4.48. The van der Waals surface area contributed by atoms with Gasteiger partial charge in [-0.15, -0.1) is 0 Å². The number of hydrogen-bond donors (Lipinski definition) is 2. The van der Waals surface area contributed by atoms with Gasteiger partial charge in [0.15, 0.2) is 29.0 Å². The number of rotatable bonds is 7. The molecular formula is C32H32F4N4O5. The van der Waals surface area contributed by atoms with Crippen molar-refractivity contribution in [1.29, 1.82) is 0 Å². The Bertz CT molecular complexity index is 1790. The van der Waals surface area contributed by atoms with E-state index in [2.05, 4.69) is 15.4 Å². The lowest BCUT2D eigenvalue weighted by Crippen LogP contribution is -2.29. The standard InChI is InChI=1S/C32H32F4N4O5/c1-16-20-7-6-12-44-27(20)22(33)13-21(16)26-25(28(30(42)43)45-31(3,4)5)17(2)38-24-14-23(39-40(24)26)29(41)37-15-18-8-10-19(11-9-18)32(34,35)36/h8-11,13-14,28H,6-7,12,15H2,1-5H3,(H,37,41)(H,42,43). The van der Waals surface area contributed by atoms with Crippen LogP contribution in [0.1, 0.15) is 77.3 Å². The second-order valence-electron chi connectivity index (χ2n) is 11.9. The van der Waals surface area contributed by atoms with Crippen molar-refractivity contribution in [2.45, 2.75) is 71.9 Å². The Morgan fingerprint density at radius 3 is 2.44 bits per heavy atom. The molecule has 9 nitrogen and oxygen atoms in total. The van der Waals surface area contributed by atoms with Gasteiger partial charge in [-0.25, -0.2) is 18.7 Å². The lowest BCUT2D eigenvalue weighted by atomic mass is 9.91. The third kappa shape index (κ3) is 6.48. The van der Waals surface area contributed by atoms with Gasteiger partial charge in [0, 0.05) is 35.0 Å². The van der Waals surface area contributed by atoms with Gasteiger partial charge in [-0.3, -0.25) is 4.79 Å². The number of amides is 1. The number of ether oxygens (including phenoxy) is 2. The fourth-order valence-corrected chi connectivity index (χ4v) is 5.39. The number of nitrogens with zero attached hydrogens (tertiary/aromatic N) is 3. The largest absolute Gasteiger partial charge is 0.490 e. The summed E-state index contributed by atoms with van der Waals surface area (Å²) in [4.78, 5) is 30.4. The number of carbonyl (C=O) groups excluding carboxylic acids is 1. The summed E-state index contributed by atoms with van der Waals surface area (Å²) in [7, 11) is 0. The number of aromatic nitrogens is 3. The van der Waals surface area contributed by atoms with Gasteiger partial charge in [0.2, 0.25) is 0 Å². The number of fused-ring (bicyclic) bond motifs is 2. The second-order valence-corrected chi connectivity index (χ2v) is 11.9. The Kier molecular flexibility index (Phi) is 8.34. The predicted molar refractivity (Wildman–Crippen MR) is 155 cm³/mol. The van der Waals surface area contributed by atoms with Crippen molar-refractivity contribution in [3.05, 3.63) is 81.4 Å². The van der Waals surface area contributed by atoms with E-state index < -0.39 is 41.1 Å². The molecule has 0 spiro atoms. The number of benzene rings is 2. The number of aryl methyl sites for hydroxylation is 1. The van der Waals surface area contributed by atoms with E-state index in [1.807, 2.05) is 0 Å². The zero-order valence-electron chi connectivity index (χ0n) is 25.3. The van der Waals surface area contributed by atoms with Crippen molar-refractivity contribution in [2.24, 2.45) is 0 Å². The number of carbonyl (C=O) groups is 2. The number of carboxylic acid groups (broad SMARTS) is 1. The molecule has 0 aliphatic carbocycles. The maximum absolute atomic E-state index is 15.5. The van der Waals surface area contributed by atoms with E-state index in [1.54, 1.807) is 34.6 Å². The molecule has 1 atom stereocenters. The molecule has 238 valence electrons. The third-order valence-electron chi connectivity index (χ3n) is 7.45. The molecule has 2 N–H and O–H groups in total. The van der Waals surface area contributed by atoms with Crippen LogP contribution in [0.2, 0.25) is 0 Å². The van der Waals surface area contributed by atoms with Crippen LogP contribution in [0.4, 0.5) is 17.6 Å². The zero-order valence-corrected chi connectivity index (χ0v) is 25.3. The smallest absolute Gasteiger partial charge is 0.416 e. The van der Waals surface area contributed by atoms with Crippen LogP contribution in [-0.2, 0) is 28.7 Å². The van der Waals surface area contributed by atoms with Crippen LogP contribution >= 0.6 is 0 Å². The summed E-state index contributed by atoms with van der Waals surface area (Å²) in [5, 5.41) is 17.4. The van der Waals surface area contributed by atoms with Crippen molar-refractivity contribution in [3.8, 4) is 17.0 Å². The number of carboxylic acids is 1. The monoisotopic (exact) mass is 628 g/mol. The summed E-state index contributed by atoms with van der Waals surface area (Å²) in [6.07, 6.45) is -4.78. The normalized spacial score (nSPS) is 14.2. The zero-order chi connectivity index (χ0) is 32.8. The van der Waals surface area contributed by atoms with E-state index in [1.165, 1.54) is 28.8 Å². The first-order valence-corrected chi connectivity index (χ1v) is 14.3. The molecule has 3 heterocycles. The quantitative estimate of drug-likeness (QED) is 0.229. The number of aliphatic carboxylic acids is 1. The summed E-state index contributed by atoms with van der Waals surface area (Å²) in [6.45, 7) is 8.80. The Morgan fingerprint density at radius 2 is 1.82 bits per heavy atom. The van der Waals surface area contributed by atoms with E-state index in [4.69, 9.17) is 9.47 Å². The van der Waals surface area contributed by atoms with Crippen molar-refractivity contribution in [1.82, 2.24) is 19.9 Å². The Balaban J connectivity index is 1.63. The van der Waals surface area contributed by atoms with Crippen LogP contribution in [0.5, 0.6) is 5.75 Å². The minimum Gasteiger partial charge on any atom is -0.490 e. The average Bonchev–Trinajstić information content (AvgIpc) is 3.39. The van der Waals surface area contributed by atoms with Crippen LogP contribution in [0.3, 0.4) is 0 Å². The maximum atomic E-state index is 15.5. The molecule has 1 aliphatic heterocycles. The Labute approximate surface area is 256 Å². The second kappa shape index (κ2) is 11.8. The number of halogens is 4. The van der Waals surface area contributed by atoms with E-state index >= 15 is 4.39 Å². The topological polar surface area (TPSA) is 115 Å². The summed E-state index contributed by atoms with van der Waals surface area (Å²) < 4.78 is 67.1. The van der Waals surface area contributed by atoms with Crippen LogP contribution in [0.25, 0.3) is 16.9 Å². The highest BCUT2D eigenvalue weighted by Gasteiger charge is 2.35. The fraction of sp³-hybridized carbons (Fsp3) is 0.375. The van der Waals surface area contributed by atoms with E-state index in [9.17, 15) is 27.9 Å². The average molecular weight is 629 g/mol. The van der Waals surface area contributed by atoms with Crippen LogP contribution in [0.15, 0.2) is 36.4 Å². The molecular weight excluding hydrogens is 596 g/mol. The van der Waals surface area contributed by atoms with Gasteiger partial charge in [-0.05, 0) is 76.8 Å². The molecule has 4 aromatic rings. The first-order chi connectivity index (χ1) is 21.0. The molecule has 0 saturated carbocycles. The Hall–Kier alpha value is -4.52. The van der Waals surface area contributed by atoms with Gasteiger partial charge in [0.1, 0.15) is 0 Å². The molecule has 5 rings (SSSR count). The molecule has 1 unspecified atom stereocenters. The predicted octanol–water partition coefficient (Wildman–Crippen LogP) is 6.37. The highest BCUT2D eigenvalue weighted by Crippen LogP contribution is 2.41. The highest BCUT2D eigenvalue weighted by molar-refractivity contribution is 5.93. The van der Waals surface area contributed by atoms with Gasteiger partial charge >= 0.3 is 12.1 Å². The molecule has 2 aromatic heterocycles. The molecule has 1 amide bonds. The number of alkyl halides is 3. The summed E-state index contributed by atoms with van der Waals surface area (Å²) >= 11 is 0.